The van der Waals surface area contributed by atoms with Crippen molar-refractivity contribution in [3.63, 3.8) is 0 Å². The molecule has 0 aromatic heterocycles. The Morgan fingerprint density at radius 3 is 2.72 bits per heavy atom. The number of likely N-dealkylation sites (tertiary alicyclic amines) is 1. The Kier molecular flexibility index (Phi) is 3.56. The smallest absolute Gasteiger partial charge is 0.406 e. The van der Waals surface area contributed by atoms with Crippen molar-refractivity contribution in [2.75, 3.05) is 13.1 Å². The first-order valence-electron chi connectivity index (χ1n) is 5.51. The molecular weight excluding hydrogens is 247 g/mol. The summed E-state index contributed by atoms with van der Waals surface area (Å²) in [7, 11) is 0. The number of rotatable bonds is 3. The van der Waals surface area contributed by atoms with E-state index < -0.39 is 6.36 Å². The summed E-state index contributed by atoms with van der Waals surface area (Å²) in [6, 6.07) is 5.82. The van der Waals surface area contributed by atoms with E-state index in [0.717, 1.165) is 0 Å². The van der Waals surface area contributed by atoms with Gasteiger partial charge in [-0.15, -0.1) is 13.2 Å². The van der Waals surface area contributed by atoms with Gasteiger partial charge in [0.2, 0.25) is 0 Å². The number of benzene rings is 1. The predicted octanol–water partition coefficient (Wildman–Crippen LogP) is 2.36. The SMILES string of the molecule is O=C1CCN(Cc2cccc(OC(F)(F)F)c2)C1. The number of ketones is 1. The highest BCUT2D eigenvalue weighted by atomic mass is 19.4. The molecule has 0 aliphatic carbocycles. The average molecular weight is 259 g/mol. The summed E-state index contributed by atoms with van der Waals surface area (Å²) in [6.45, 7) is 1.48. The van der Waals surface area contributed by atoms with Crippen molar-refractivity contribution in [1.29, 1.82) is 0 Å². The number of halogens is 3. The average Bonchev–Trinajstić information content (AvgIpc) is 2.62. The Hall–Kier alpha value is -1.56. The van der Waals surface area contributed by atoms with Gasteiger partial charge in [0, 0.05) is 19.5 Å². The minimum absolute atomic E-state index is 0.165. The summed E-state index contributed by atoms with van der Waals surface area (Å²) in [4.78, 5) is 13.0. The van der Waals surface area contributed by atoms with Gasteiger partial charge in [-0.05, 0) is 17.7 Å². The van der Waals surface area contributed by atoms with Crippen LogP contribution in [0, 0.1) is 0 Å². The molecule has 2 rings (SSSR count). The van der Waals surface area contributed by atoms with Crippen LogP contribution in [-0.2, 0) is 11.3 Å². The number of ether oxygens (including phenoxy) is 1. The van der Waals surface area contributed by atoms with Gasteiger partial charge in [0.05, 0.1) is 6.54 Å². The van der Waals surface area contributed by atoms with Gasteiger partial charge in [-0.25, -0.2) is 0 Å². The molecule has 1 aromatic rings. The topological polar surface area (TPSA) is 29.5 Å². The van der Waals surface area contributed by atoms with E-state index in [2.05, 4.69) is 4.74 Å². The molecule has 0 unspecified atom stereocenters. The number of hydrogen-bond donors (Lipinski definition) is 0. The molecule has 1 aliphatic heterocycles. The molecule has 0 radical (unpaired) electrons. The van der Waals surface area contributed by atoms with Gasteiger partial charge in [0.25, 0.3) is 0 Å². The summed E-state index contributed by atoms with van der Waals surface area (Å²) in [5, 5.41) is 0. The van der Waals surface area contributed by atoms with Crippen LogP contribution in [0.3, 0.4) is 0 Å². The maximum atomic E-state index is 12.1. The van der Waals surface area contributed by atoms with Gasteiger partial charge >= 0.3 is 6.36 Å². The largest absolute Gasteiger partial charge is 0.573 e. The molecule has 0 atom stereocenters. The first-order valence-corrected chi connectivity index (χ1v) is 5.51. The molecule has 1 aliphatic rings. The Balaban J connectivity index is 2.01. The van der Waals surface area contributed by atoms with Crippen molar-refractivity contribution in [3.05, 3.63) is 29.8 Å². The fraction of sp³-hybridized carbons (Fsp3) is 0.417. The fourth-order valence-electron chi connectivity index (χ4n) is 1.92. The summed E-state index contributed by atoms with van der Waals surface area (Å²) < 4.78 is 40.0. The molecule has 1 aromatic carbocycles. The first kappa shape index (κ1) is 12.9. The van der Waals surface area contributed by atoms with Crippen LogP contribution in [0.1, 0.15) is 12.0 Å². The second kappa shape index (κ2) is 4.97. The van der Waals surface area contributed by atoms with E-state index in [9.17, 15) is 18.0 Å². The number of nitrogens with zero attached hydrogens (tertiary/aromatic N) is 1. The molecule has 6 heteroatoms. The lowest BCUT2D eigenvalue weighted by atomic mass is 10.2. The van der Waals surface area contributed by atoms with E-state index >= 15 is 0 Å². The highest BCUT2D eigenvalue weighted by Crippen LogP contribution is 2.24. The van der Waals surface area contributed by atoms with E-state index in [-0.39, 0.29) is 11.5 Å². The Bertz CT molecular complexity index is 445. The molecule has 1 saturated heterocycles. The third-order valence-electron chi connectivity index (χ3n) is 2.65. The second-order valence-corrected chi connectivity index (χ2v) is 4.19. The zero-order chi connectivity index (χ0) is 13.2. The van der Waals surface area contributed by atoms with Crippen LogP contribution < -0.4 is 4.74 Å². The molecule has 3 nitrogen and oxygen atoms in total. The zero-order valence-corrected chi connectivity index (χ0v) is 9.54. The lowest BCUT2D eigenvalue weighted by molar-refractivity contribution is -0.274. The summed E-state index contributed by atoms with van der Waals surface area (Å²) in [6.07, 6.45) is -4.17. The molecule has 0 N–H and O–H groups in total. The van der Waals surface area contributed by atoms with E-state index in [4.69, 9.17) is 0 Å². The summed E-state index contributed by atoms with van der Waals surface area (Å²) in [5.41, 5.74) is 0.700. The molecule has 1 fully saturated rings. The van der Waals surface area contributed by atoms with Gasteiger partial charge < -0.3 is 4.74 Å². The summed E-state index contributed by atoms with van der Waals surface area (Å²) >= 11 is 0. The van der Waals surface area contributed by atoms with Crippen LogP contribution in [0.5, 0.6) is 5.75 Å². The Labute approximate surface area is 102 Å². The molecule has 18 heavy (non-hydrogen) atoms. The highest BCUT2D eigenvalue weighted by molar-refractivity contribution is 5.82. The van der Waals surface area contributed by atoms with Crippen LogP contribution in [0.25, 0.3) is 0 Å². The Morgan fingerprint density at radius 2 is 2.11 bits per heavy atom. The number of alkyl halides is 3. The maximum absolute atomic E-state index is 12.1. The van der Waals surface area contributed by atoms with E-state index in [1.807, 2.05) is 4.90 Å². The first-order chi connectivity index (χ1) is 8.42. The molecule has 0 amide bonds. The predicted molar refractivity (Wildman–Crippen MR) is 58.0 cm³/mol. The van der Waals surface area contributed by atoms with E-state index in [1.165, 1.54) is 18.2 Å². The molecule has 0 bridgehead atoms. The number of Topliss-reactive ketones (excluding diaryl/α,β-unsaturated/α-hetero) is 1. The van der Waals surface area contributed by atoms with Crippen LogP contribution in [0.15, 0.2) is 24.3 Å². The monoisotopic (exact) mass is 259 g/mol. The van der Waals surface area contributed by atoms with E-state index in [1.54, 1.807) is 6.07 Å². The lowest BCUT2D eigenvalue weighted by Crippen LogP contribution is -2.20. The van der Waals surface area contributed by atoms with Crippen LogP contribution in [0.2, 0.25) is 0 Å². The third-order valence-corrected chi connectivity index (χ3v) is 2.65. The minimum atomic E-state index is -4.68. The minimum Gasteiger partial charge on any atom is -0.406 e. The highest BCUT2D eigenvalue weighted by Gasteiger charge is 2.31. The third kappa shape index (κ3) is 3.73. The van der Waals surface area contributed by atoms with Crippen LogP contribution in [-0.4, -0.2) is 30.1 Å². The Morgan fingerprint density at radius 1 is 1.33 bits per heavy atom. The summed E-state index contributed by atoms with van der Waals surface area (Å²) in [5.74, 6) is -0.0665. The van der Waals surface area contributed by atoms with Gasteiger partial charge in [0.15, 0.2) is 0 Å². The van der Waals surface area contributed by atoms with Crippen molar-refractivity contribution >= 4 is 5.78 Å². The van der Waals surface area contributed by atoms with Crippen molar-refractivity contribution in [2.45, 2.75) is 19.3 Å². The molecular formula is C12H12F3NO2. The lowest BCUT2D eigenvalue weighted by Gasteiger charge is -2.15. The van der Waals surface area contributed by atoms with Gasteiger partial charge in [-0.2, -0.15) is 0 Å². The standard InChI is InChI=1S/C12H12F3NO2/c13-12(14,15)18-11-3-1-2-9(6-11)7-16-5-4-10(17)8-16/h1-3,6H,4-5,7-8H2. The zero-order valence-electron chi connectivity index (χ0n) is 9.54. The van der Waals surface area contributed by atoms with E-state index in [0.29, 0.717) is 31.6 Å². The number of carbonyl (C=O) groups excluding carboxylic acids is 1. The van der Waals surface area contributed by atoms with Crippen molar-refractivity contribution in [2.24, 2.45) is 0 Å². The molecule has 0 spiro atoms. The van der Waals surface area contributed by atoms with Crippen molar-refractivity contribution in [1.82, 2.24) is 4.90 Å². The van der Waals surface area contributed by atoms with Gasteiger partial charge in [-0.1, -0.05) is 12.1 Å². The maximum Gasteiger partial charge on any atom is 0.573 e. The van der Waals surface area contributed by atoms with Gasteiger partial charge in [0.1, 0.15) is 11.5 Å². The normalized spacial score (nSPS) is 17.2. The molecule has 1 heterocycles. The van der Waals surface area contributed by atoms with Gasteiger partial charge in [-0.3, -0.25) is 9.69 Å². The molecule has 0 saturated carbocycles. The van der Waals surface area contributed by atoms with Crippen LogP contribution >= 0.6 is 0 Å². The number of carbonyl (C=O) groups is 1. The fourth-order valence-corrected chi connectivity index (χ4v) is 1.92. The molecule has 98 valence electrons. The number of hydrogen-bond acceptors (Lipinski definition) is 3. The van der Waals surface area contributed by atoms with Crippen molar-refractivity contribution in [3.8, 4) is 5.75 Å². The van der Waals surface area contributed by atoms with Crippen LogP contribution in [0.4, 0.5) is 13.2 Å². The second-order valence-electron chi connectivity index (χ2n) is 4.19. The van der Waals surface area contributed by atoms with Crippen molar-refractivity contribution < 1.29 is 22.7 Å². The quantitative estimate of drug-likeness (QED) is 0.834.